The van der Waals surface area contributed by atoms with Gasteiger partial charge in [0.1, 0.15) is 0 Å². The first-order valence-corrected chi connectivity index (χ1v) is 9.14. The highest BCUT2D eigenvalue weighted by Gasteiger charge is 2.18. The minimum atomic E-state index is -3.12. The first kappa shape index (κ1) is 20.9. The van der Waals surface area contributed by atoms with Crippen LogP contribution in [0.1, 0.15) is 33.6 Å². The Morgan fingerprint density at radius 2 is 1.90 bits per heavy atom. The van der Waals surface area contributed by atoms with Crippen LogP contribution in [-0.2, 0) is 10.0 Å². The number of hydrogen-bond acceptors (Lipinski definition) is 3. The van der Waals surface area contributed by atoms with E-state index in [9.17, 15) is 8.42 Å². The highest BCUT2D eigenvalue weighted by atomic mass is 127. The number of piperidine rings is 1. The minimum Gasteiger partial charge on any atom is -0.357 e. The second-order valence-electron chi connectivity index (χ2n) is 5.20. The fourth-order valence-electron chi connectivity index (χ4n) is 2.11. The van der Waals surface area contributed by atoms with Gasteiger partial charge in [-0.25, -0.2) is 13.1 Å². The molecule has 21 heavy (non-hydrogen) atoms. The van der Waals surface area contributed by atoms with Gasteiger partial charge in [0.2, 0.25) is 10.0 Å². The van der Waals surface area contributed by atoms with Crippen molar-refractivity contribution < 1.29 is 8.42 Å². The van der Waals surface area contributed by atoms with E-state index in [1.807, 2.05) is 6.92 Å². The molecule has 0 aromatic carbocycles. The summed E-state index contributed by atoms with van der Waals surface area (Å²) in [5, 5.41) is 3.28. The summed E-state index contributed by atoms with van der Waals surface area (Å²) in [6.45, 7) is 9.64. The predicted octanol–water partition coefficient (Wildman–Crippen LogP) is 1.24. The number of nitrogens with one attached hydrogen (secondary N) is 2. The Morgan fingerprint density at radius 3 is 2.43 bits per heavy atom. The molecule has 1 aliphatic heterocycles. The quantitative estimate of drug-likeness (QED) is 0.287. The zero-order valence-electron chi connectivity index (χ0n) is 13.3. The number of nitrogens with zero attached hydrogens (tertiary/aromatic N) is 2. The van der Waals surface area contributed by atoms with Crippen molar-refractivity contribution in [1.82, 2.24) is 14.9 Å². The summed E-state index contributed by atoms with van der Waals surface area (Å²) in [7, 11) is -3.12. The molecule has 2 N–H and O–H groups in total. The van der Waals surface area contributed by atoms with Crippen molar-refractivity contribution in [3.8, 4) is 0 Å². The molecule has 0 aromatic rings. The third-order valence-electron chi connectivity index (χ3n) is 3.49. The smallest absolute Gasteiger partial charge is 0.211 e. The summed E-state index contributed by atoms with van der Waals surface area (Å²) in [5.41, 5.74) is 0. The van der Waals surface area contributed by atoms with E-state index in [2.05, 4.69) is 26.9 Å². The molecule has 1 saturated heterocycles. The van der Waals surface area contributed by atoms with Gasteiger partial charge >= 0.3 is 0 Å². The van der Waals surface area contributed by atoms with E-state index in [1.165, 1.54) is 12.8 Å². The Balaban J connectivity index is 0.00000400. The highest BCUT2D eigenvalue weighted by Crippen LogP contribution is 2.15. The lowest BCUT2D eigenvalue weighted by atomic mass is 10.00. The van der Waals surface area contributed by atoms with Crippen LogP contribution in [0.15, 0.2) is 4.99 Å². The van der Waals surface area contributed by atoms with Gasteiger partial charge in [-0.3, -0.25) is 4.99 Å². The summed E-state index contributed by atoms with van der Waals surface area (Å²) in [4.78, 5) is 6.77. The summed E-state index contributed by atoms with van der Waals surface area (Å²) in [5.74, 6) is 1.79. The molecule has 1 aliphatic rings. The van der Waals surface area contributed by atoms with Crippen molar-refractivity contribution in [2.75, 3.05) is 38.5 Å². The highest BCUT2D eigenvalue weighted by molar-refractivity contribution is 14.0. The van der Waals surface area contributed by atoms with E-state index >= 15 is 0 Å². The van der Waals surface area contributed by atoms with E-state index in [1.54, 1.807) is 6.92 Å². The van der Waals surface area contributed by atoms with E-state index in [4.69, 9.17) is 0 Å². The number of guanidine groups is 1. The van der Waals surface area contributed by atoms with Gasteiger partial charge in [-0.05, 0) is 32.6 Å². The van der Waals surface area contributed by atoms with Gasteiger partial charge in [0.25, 0.3) is 0 Å². The van der Waals surface area contributed by atoms with Crippen LogP contribution in [0.5, 0.6) is 0 Å². The molecule has 0 atom stereocenters. The number of aliphatic imine (C=N–C) groups is 1. The molecule has 0 bridgehead atoms. The summed E-state index contributed by atoms with van der Waals surface area (Å²) in [6.07, 6.45) is 2.37. The van der Waals surface area contributed by atoms with Gasteiger partial charge in [0, 0.05) is 26.2 Å². The predicted molar refractivity (Wildman–Crippen MR) is 98.8 cm³/mol. The van der Waals surface area contributed by atoms with E-state index in [0.29, 0.717) is 13.1 Å². The second kappa shape index (κ2) is 10.6. The van der Waals surface area contributed by atoms with Crippen molar-refractivity contribution in [2.24, 2.45) is 10.9 Å². The standard InChI is InChI=1S/C13H28N4O2S.HI/c1-4-14-13(17-10-6-12(3)7-11-17)15-8-9-16-20(18,19)5-2;/h12,16H,4-11H2,1-3H3,(H,14,15);1H. The molecular weight excluding hydrogens is 403 g/mol. The fourth-order valence-corrected chi connectivity index (χ4v) is 2.72. The number of hydrogen-bond donors (Lipinski definition) is 2. The lowest BCUT2D eigenvalue weighted by Crippen LogP contribution is -2.45. The van der Waals surface area contributed by atoms with Crippen molar-refractivity contribution in [1.29, 1.82) is 0 Å². The van der Waals surface area contributed by atoms with Gasteiger partial charge in [-0.1, -0.05) is 6.92 Å². The zero-order chi connectivity index (χ0) is 15.0. The van der Waals surface area contributed by atoms with Crippen molar-refractivity contribution in [2.45, 2.75) is 33.6 Å². The van der Waals surface area contributed by atoms with Gasteiger partial charge in [0.15, 0.2) is 5.96 Å². The maximum atomic E-state index is 11.3. The Hall–Kier alpha value is -0.0900. The lowest BCUT2D eigenvalue weighted by Gasteiger charge is -2.33. The van der Waals surface area contributed by atoms with Crippen LogP contribution in [0.4, 0.5) is 0 Å². The normalized spacial score (nSPS) is 17.5. The molecule has 1 rings (SSSR count). The molecule has 8 heteroatoms. The van der Waals surface area contributed by atoms with Crippen LogP contribution < -0.4 is 10.0 Å². The molecule has 0 radical (unpaired) electrons. The Bertz CT molecular complexity index is 406. The molecular formula is C13H29IN4O2S. The van der Waals surface area contributed by atoms with Crippen LogP contribution >= 0.6 is 24.0 Å². The Labute approximate surface area is 146 Å². The molecule has 1 heterocycles. The monoisotopic (exact) mass is 432 g/mol. The van der Waals surface area contributed by atoms with Crippen LogP contribution in [0.25, 0.3) is 0 Å². The summed E-state index contributed by atoms with van der Waals surface area (Å²) in [6, 6.07) is 0. The average Bonchev–Trinajstić information content (AvgIpc) is 2.43. The summed E-state index contributed by atoms with van der Waals surface area (Å²) < 4.78 is 25.2. The topological polar surface area (TPSA) is 73.8 Å². The van der Waals surface area contributed by atoms with Crippen LogP contribution in [0, 0.1) is 5.92 Å². The maximum Gasteiger partial charge on any atom is 0.211 e. The third kappa shape index (κ3) is 8.20. The Kier molecular flexibility index (Phi) is 10.6. The summed E-state index contributed by atoms with van der Waals surface area (Å²) >= 11 is 0. The molecule has 0 saturated carbocycles. The number of rotatable bonds is 6. The molecule has 6 nitrogen and oxygen atoms in total. The molecule has 0 spiro atoms. The largest absolute Gasteiger partial charge is 0.357 e. The molecule has 0 amide bonds. The van der Waals surface area contributed by atoms with Crippen LogP contribution in [0.2, 0.25) is 0 Å². The average molecular weight is 432 g/mol. The van der Waals surface area contributed by atoms with Crippen molar-refractivity contribution in [3.05, 3.63) is 0 Å². The first-order chi connectivity index (χ1) is 9.48. The lowest BCUT2D eigenvalue weighted by molar-refractivity contribution is 0.273. The number of halogens is 1. The maximum absolute atomic E-state index is 11.3. The van der Waals surface area contributed by atoms with E-state index in [0.717, 1.165) is 31.5 Å². The number of likely N-dealkylation sites (tertiary alicyclic amines) is 1. The van der Waals surface area contributed by atoms with E-state index in [-0.39, 0.29) is 29.7 Å². The molecule has 1 fully saturated rings. The first-order valence-electron chi connectivity index (χ1n) is 7.49. The van der Waals surface area contributed by atoms with Crippen LogP contribution in [0.3, 0.4) is 0 Å². The number of sulfonamides is 1. The van der Waals surface area contributed by atoms with Gasteiger partial charge in [0.05, 0.1) is 12.3 Å². The van der Waals surface area contributed by atoms with Crippen LogP contribution in [-0.4, -0.2) is 57.8 Å². The van der Waals surface area contributed by atoms with Crippen molar-refractivity contribution in [3.63, 3.8) is 0 Å². The minimum absolute atomic E-state index is 0. The van der Waals surface area contributed by atoms with Crippen molar-refractivity contribution >= 4 is 40.0 Å². The van der Waals surface area contributed by atoms with Gasteiger partial charge in [-0.15, -0.1) is 24.0 Å². The third-order valence-corrected chi connectivity index (χ3v) is 4.90. The van der Waals surface area contributed by atoms with Gasteiger partial charge < -0.3 is 10.2 Å². The fraction of sp³-hybridized carbons (Fsp3) is 0.923. The molecule has 0 unspecified atom stereocenters. The second-order valence-corrected chi connectivity index (χ2v) is 7.30. The molecule has 126 valence electrons. The van der Waals surface area contributed by atoms with E-state index < -0.39 is 10.0 Å². The SMILES string of the molecule is CCNC(=NCCNS(=O)(=O)CC)N1CCC(C)CC1.I. The molecule has 0 aromatic heterocycles. The molecule has 0 aliphatic carbocycles. The van der Waals surface area contributed by atoms with Gasteiger partial charge in [-0.2, -0.15) is 0 Å². The zero-order valence-corrected chi connectivity index (χ0v) is 16.4. The Morgan fingerprint density at radius 1 is 1.29 bits per heavy atom.